The number of carbonyl (C=O) groups excluding carboxylic acids is 1. The topological polar surface area (TPSA) is 77.2 Å². The number of hydrogen-bond acceptors (Lipinski definition) is 5. The van der Waals surface area contributed by atoms with E-state index in [9.17, 15) is 4.79 Å². The average molecular weight is 281 g/mol. The van der Waals surface area contributed by atoms with Crippen LogP contribution in [0.4, 0.5) is 0 Å². The van der Waals surface area contributed by atoms with Crippen LogP contribution in [0, 0.1) is 5.92 Å². The molecule has 1 saturated carbocycles. The molecule has 1 heterocycles. The molecule has 0 spiro atoms. The zero-order valence-electron chi connectivity index (χ0n) is 12.1. The Kier molecular flexibility index (Phi) is 5.98. The van der Waals surface area contributed by atoms with E-state index >= 15 is 0 Å². The van der Waals surface area contributed by atoms with Gasteiger partial charge in [0.1, 0.15) is 6.61 Å². The summed E-state index contributed by atoms with van der Waals surface area (Å²) < 4.78 is 9.88. The first-order chi connectivity index (χ1) is 9.78. The summed E-state index contributed by atoms with van der Waals surface area (Å²) in [5.41, 5.74) is 0. The lowest BCUT2D eigenvalue weighted by Gasteiger charge is -2.08. The van der Waals surface area contributed by atoms with Crippen molar-refractivity contribution in [2.75, 3.05) is 13.7 Å². The lowest BCUT2D eigenvalue weighted by atomic mass is 10.0. The van der Waals surface area contributed by atoms with Gasteiger partial charge in [-0.05, 0) is 12.3 Å². The number of rotatable bonds is 8. The minimum Gasteiger partial charge on any atom is -0.375 e. The Hall–Kier alpha value is -1.43. The van der Waals surface area contributed by atoms with Crippen molar-refractivity contribution < 1.29 is 14.1 Å². The van der Waals surface area contributed by atoms with Crippen molar-refractivity contribution in [2.45, 2.75) is 51.6 Å². The second kappa shape index (κ2) is 7.99. The van der Waals surface area contributed by atoms with Crippen LogP contribution in [0.3, 0.4) is 0 Å². The maximum absolute atomic E-state index is 11.7. The first-order valence-electron chi connectivity index (χ1n) is 7.35. The number of aromatic nitrogens is 2. The number of ether oxygens (including phenoxy) is 1. The highest BCUT2D eigenvalue weighted by atomic mass is 16.5. The molecule has 6 heteroatoms. The van der Waals surface area contributed by atoms with E-state index in [4.69, 9.17) is 9.26 Å². The molecule has 0 saturated heterocycles. The van der Waals surface area contributed by atoms with Gasteiger partial charge in [-0.1, -0.05) is 30.8 Å². The number of hydrogen-bond donors (Lipinski definition) is 1. The van der Waals surface area contributed by atoms with Gasteiger partial charge >= 0.3 is 0 Å². The molecule has 1 aromatic heterocycles. The van der Waals surface area contributed by atoms with Crippen molar-refractivity contribution in [1.82, 2.24) is 15.5 Å². The van der Waals surface area contributed by atoms with Gasteiger partial charge in [-0.25, -0.2) is 0 Å². The summed E-state index contributed by atoms with van der Waals surface area (Å²) in [5.74, 6) is 1.95. The number of carbonyl (C=O) groups is 1. The standard InChI is InChI=1S/C14H23N3O3/c1-19-10-14-16-12(17-20-14)8-9-15-13(18)7-6-11-4-2-3-5-11/h11H,2-10H2,1H3,(H,15,18). The molecule has 0 unspecified atom stereocenters. The molecule has 112 valence electrons. The third-order valence-corrected chi connectivity index (χ3v) is 3.70. The molecule has 0 atom stereocenters. The van der Waals surface area contributed by atoms with Gasteiger partial charge in [-0.2, -0.15) is 4.98 Å². The van der Waals surface area contributed by atoms with Gasteiger partial charge in [0.05, 0.1) is 0 Å². The van der Waals surface area contributed by atoms with Crippen LogP contribution < -0.4 is 5.32 Å². The summed E-state index contributed by atoms with van der Waals surface area (Å²) in [6.07, 6.45) is 7.47. The van der Waals surface area contributed by atoms with Gasteiger partial charge in [0, 0.05) is 26.5 Å². The normalized spacial score (nSPS) is 15.7. The van der Waals surface area contributed by atoms with E-state index in [1.165, 1.54) is 25.7 Å². The third kappa shape index (κ3) is 4.92. The maximum Gasteiger partial charge on any atom is 0.252 e. The molecule has 1 aliphatic carbocycles. The van der Waals surface area contributed by atoms with Crippen LogP contribution in [0.2, 0.25) is 0 Å². The molecule has 2 rings (SSSR count). The molecule has 1 amide bonds. The molecule has 0 aliphatic heterocycles. The molecular formula is C14H23N3O3. The van der Waals surface area contributed by atoms with E-state index < -0.39 is 0 Å². The van der Waals surface area contributed by atoms with Crippen molar-refractivity contribution in [3.63, 3.8) is 0 Å². The summed E-state index contributed by atoms with van der Waals surface area (Å²) >= 11 is 0. The highest BCUT2D eigenvalue weighted by molar-refractivity contribution is 5.75. The predicted octanol–water partition coefficient (Wildman–Crippen LogP) is 1.85. The summed E-state index contributed by atoms with van der Waals surface area (Å²) in [5, 5.41) is 6.73. The summed E-state index contributed by atoms with van der Waals surface area (Å²) in [6.45, 7) is 0.871. The van der Waals surface area contributed by atoms with Crippen LogP contribution >= 0.6 is 0 Å². The van der Waals surface area contributed by atoms with Gasteiger partial charge in [0.25, 0.3) is 5.89 Å². The predicted molar refractivity (Wildman–Crippen MR) is 72.9 cm³/mol. The second-order valence-corrected chi connectivity index (χ2v) is 5.33. The first-order valence-corrected chi connectivity index (χ1v) is 7.35. The Morgan fingerprint density at radius 1 is 1.45 bits per heavy atom. The van der Waals surface area contributed by atoms with Crippen LogP contribution in [0.5, 0.6) is 0 Å². The minimum absolute atomic E-state index is 0.123. The van der Waals surface area contributed by atoms with E-state index in [-0.39, 0.29) is 5.91 Å². The fourth-order valence-electron chi connectivity index (χ4n) is 2.61. The smallest absolute Gasteiger partial charge is 0.252 e. The molecule has 1 N–H and O–H groups in total. The molecule has 1 fully saturated rings. The molecule has 1 aliphatic rings. The molecule has 1 aromatic rings. The van der Waals surface area contributed by atoms with Crippen molar-refractivity contribution in [3.8, 4) is 0 Å². The Labute approximate surface area is 119 Å². The molecule has 20 heavy (non-hydrogen) atoms. The first kappa shape index (κ1) is 15.0. The summed E-state index contributed by atoms with van der Waals surface area (Å²) in [7, 11) is 1.58. The van der Waals surface area contributed by atoms with Crippen LogP contribution in [0.1, 0.15) is 50.2 Å². The van der Waals surface area contributed by atoms with Crippen LogP contribution in [0.25, 0.3) is 0 Å². The number of nitrogens with one attached hydrogen (secondary N) is 1. The average Bonchev–Trinajstić information content (AvgIpc) is 3.08. The Morgan fingerprint density at radius 2 is 2.25 bits per heavy atom. The highest BCUT2D eigenvalue weighted by Gasteiger charge is 2.16. The van der Waals surface area contributed by atoms with Crippen LogP contribution in [-0.4, -0.2) is 29.7 Å². The molecule has 6 nitrogen and oxygen atoms in total. The van der Waals surface area contributed by atoms with Crippen molar-refractivity contribution in [1.29, 1.82) is 0 Å². The summed E-state index contributed by atoms with van der Waals surface area (Å²) in [6, 6.07) is 0. The van der Waals surface area contributed by atoms with Gasteiger partial charge in [0.15, 0.2) is 5.82 Å². The second-order valence-electron chi connectivity index (χ2n) is 5.33. The number of amides is 1. The Balaban J connectivity index is 1.58. The minimum atomic E-state index is 0.123. The van der Waals surface area contributed by atoms with Gasteiger partial charge in [-0.3, -0.25) is 4.79 Å². The fourth-order valence-corrected chi connectivity index (χ4v) is 2.61. The number of nitrogens with zero attached hydrogens (tertiary/aromatic N) is 2. The number of methoxy groups -OCH3 is 1. The van der Waals surface area contributed by atoms with E-state index in [1.807, 2.05) is 0 Å². The highest BCUT2D eigenvalue weighted by Crippen LogP contribution is 2.28. The molecule has 0 aromatic carbocycles. The van der Waals surface area contributed by atoms with Crippen LogP contribution in [0.15, 0.2) is 4.52 Å². The lowest BCUT2D eigenvalue weighted by Crippen LogP contribution is -2.26. The van der Waals surface area contributed by atoms with Gasteiger partial charge in [0.2, 0.25) is 5.91 Å². The van der Waals surface area contributed by atoms with E-state index in [1.54, 1.807) is 7.11 Å². The van der Waals surface area contributed by atoms with Crippen molar-refractivity contribution in [2.24, 2.45) is 5.92 Å². The van der Waals surface area contributed by atoms with E-state index in [0.29, 0.717) is 37.7 Å². The van der Waals surface area contributed by atoms with Crippen molar-refractivity contribution in [3.05, 3.63) is 11.7 Å². The van der Waals surface area contributed by atoms with Gasteiger partial charge in [-0.15, -0.1) is 0 Å². The SMILES string of the molecule is COCc1nc(CCNC(=O)CCC2CCCC2)no1. The van der Waals surface area contributed by atoms with Crippen molar-refractivity contribution >= 4 is 5.91 Å². The van der Waals surface area contributed by atoms with E-state index in [2.05, 4.69) is 15.5 Å². The largest absolute Gasteiger partial charge is 0.375 e. The summed E-state index contributed by atoms with van der Waals surface area (Å²) in [4.78, 5) is 15.9. The van der Waals surface area contributed by atoms with Gasteiger partial charge < -0.3 is 14.6 Å². The third-order valence-electron chi connectivity index (χ3n) is 3.70. The fraction of sp³-hybridized carbons (Fsp3) is 0.786. The van der Waals surface area contributed by atoms with E-state index in [0.717, 1.165) is 12.3 Å². The van der Waals surface area contributed by atoms with Crippen LogP contribution in [-0.2, 0) is 22.6 Å². The molecule has 0 radical (unpaired) electrons. The maximum atomic E-state index is 11.7. The zero-order valence-corrected chi connectivity index (χ0v) is 12.1. The quantitative estimate of drug-likeness (QED) is 0.786. The monoisotopic (exact) mass is 281 g/mol. The molecular weight excluding hydrogens is 258 g/mol. The molecule has 0 bridgehead atoms. The Morgan fingerprint density at radius 3 is 3.00 bits per heavy atom. The Bertz CT molecular complexity index is 414. The zero-order chi connectivity index (χ0) is 14.2. The lowest BCUT2D eigenvalue weighted by molar-refractivity contribution is -0.121.